The zero-order valence-electron chi connectivity index (χ0n) is 26.1. The van der Waals surface area contributed by atoms with Crippen LogP contribution < -0.4 is 14.8 Å². The van der Waals surface area contributed by atoms with E-state index in [1.54, 1.807) is 28.4 Å². The van der Waals surface area contributed by atoms with Crippen molar-refractivity contribution in [2.75, 3.05) is 41.5 Å². The second-order valence-electron chi connectivity index (χ2n) is 9.03. The lowest BCUT2D eigenvalue weighted by Gasteiger charge is -2.15. The molecule has 0 radical (unpaired) electrons. The fraction of sp³-hybridized carbons (Fsp3) is 0.471. The average molecular weight is 556 g/mol. The zero-order valence-corrected chi connectivity index (χ0v) is 27.0. The van der Waals surface area contributed by atoms with Gasteiger partial charge in [-0.25, -0.2) is 0 Å². The van der Waals surface area contributed by atoms with Crippen LogP contribution in [0.3, 0.4) is 0 Å². The summed E-state index contributed by atoms with van der Waals surface area (Å²) < 4.78 is 15.4. The van der Waals surface area contributed by atoms with Crippen molar-refractivity contribution in [2.45, 2.75) is 72.1 Å². The maximum Gasteiger partial charge on any atom is 0.130 e. The van der Waals surface area contributed by atoms with Crippen LogP contribution in [0.15, 0.2) is 59.5 Å². The Kier molecular flexibility index (Phi) is 20.9. The van der Waals surface area contributed by atoms with E-state index in [4.69, 9.17) is 9.47 Å². The highest BCUT2D eigenvalue weighted by Gasteiger charge is 2.14. The van der Waals surface area contributed by atoms with Gasteiger partial charge in [0.1, 0.15) is 11.5 Å². The third-order valence-corrected chi connectivity index (χ3v) is 5.93. The molecule has 1 N–H and O–H groups in total. The number of nitrogens with one attached hydrogen (secondary N) is 1. The molecule has 3 aromatic rings. The SMILES string of the molecule is C1CNC1.CC.CCCc1ccc(-c2c(OC)cc(CC)cc2OC)cc1.COC.Cc1cc(C)cc(S)c1. The van der Waals surface area contributed by atoms with E-state index in [0.29, 0.717) is 0 Å². The Hall–Kier alpha value is -2.47. The van der Waals surface area contributed by atoms with Gasteiger partial charge in [-0.05, 0) is 98.3 Å². The molecule has 0 aromatic heterocycles. The minimum atomic E-state index is 0.870. The predicted octanol–water partition coefficient (Wildman–Crippen LogP) is 8.75. The molecule has 0 atom stereocenters. The van der Waals surface area contributed by atoms with Crippen molar-refractivity contribution in [2.24, 2.45) is 0 Å². The van der Waals surface area contributed by atoms with Crippen LogP contribution in [0.1, 0.15) is 62.8 Å². The predicted molar refractivity (Wildman–Crippen MR) is 173 cm³/mol. The maximum absolute atomic E-state index is 5.58. The van der Waals surface area contributed by atoms with Gasteiger partial charge in [0, 0.05) is 19.1 Å². The van der Waals surface area contributed by atoms with Crippen LogP contribution in [0.5, 0.6) is 11.5 Å². The number of aryl methyl sites for hydroxylation is 4. The van der Waals surface area contributed by atoms with Crippen molar-refractivity contribution < 1.29 is 14.2 Å². The molecule has 39 heavy (non-hydrogen) atoms. The average Bonchev–Trinajstić information content (AvgIpc) is 2.89. The summed E-state index contributed by atoms with van der Waals surface area (Å²) in [5.74, 6) is 1.74. The summed E-state index contributed by atoms with van der Waals surface area (Å²) in [7, 11) is 6.67. The van der Waals surface area contributed by atoms with Gasteiger partial charge in [0.25, 0.3) is 0 Å². The lowest BCUT2D eigenvalue weighted by molar-refractivity contribution is 0.277. The largest absolute Gasteiger partial charge is 0.496 e. The summed E-state index contributed by atoms with van der Waals surface area (Å²) in [6.07, 6.45) is 4.63. The Morgan fingerprint density at radius 2 is 1.18 bits per heavy atom. The van der Waals surface area contributed by atoms with E-state index in [1.807, 2.05) is 13.8 Å². The van der Waals surface area contributed by atoms with Crippen molar-refractivity contribution in [1.29, 1.82) is 0 Å². The molecule has 1 aliphatic heterocycles. The lowest BCUT2D eigenvalue weighted by atomic mass is 9.98. The fourth-order valence-corrected chi connectivity index (χ4v) is 4.12. The standard InChI is InChI=1S/C19H24O2.C8H10S.C3H7N.C2H6O.C2H6/c1-5-7-15-8-10-16(11-9-15)19-17(20-3)12-14(6-2)13-18(19)21-4;1-6-3-7(2)5-8(9)4-6;1-2-4-3-1;1-3-2;1-2/h8-13H,5-7H2,1-4H3;3-5,9H,1-2H3;4H,1-3H2;1-2H3;1-2H3. The summed E-state index contributed by atoms with van der Waals surface area (Å²) in [5.41, 5.74) is 7.30. The van der Waals surface area contributed by atoms with E-state index in [-0.39, 0.29) is 0 Å². The van der Waals surface area contributed by atoms with Crippen molar-refractivity contribution in [3.05, 3.63) is 76.9 Å². The third-order valence-electron chi connectivity index (χ3n) is 5.67. The first-order valence-corrected chi connectivity index (χ1v) is 14.5. The van der Waals surface area contributed by atoms with Crippen LogP contribution in [0.25, 0.3) is 11.1 Å². The molecule has 0 unspecified atom stereocenters. The summed E-state index contributed by atoms with van der Waals surface area (Å²) >= 11 is 4.22. The number of methoxy groups -OCH3 is 3. The van der Waals surface area contributed by atoms with Gasteiger partial charge in [0.2, 0.25) is 0 Å². The topological polar surface area (TPSA) is 39.7 Å². The molecule has 0 spiro atoms. The van der Waals surface area contributed by atoms with Crippen molar-refractivity contribution >= 4 is 12.6 Å². The van der Waals surface area contributed by atoms with E-state index >= 15 is 0 Å². The van der Waals surface area contributed by atoms with E-state index in [2.05, 4.69) is 105 Å². The number of thiol groups is 1. The van der Waals surface area contributed by atoms with Gasteiger partial charge in [0.05, 0.1) is 19.8 Å². The second-order valence-corrected chi connectivity index (χ2v) is 9.55. The van der Waals surface area contributed by atoms with Crippen LogP contribution in [0, 0.1) is 13.8 Å². The molecule has 1 aliphatic rings. The molecule has 3 aromatic carbocycles. The third kappa shape index (κ3) is 14.5. The van der Waals surface area contributed by atoms with Crippen LogP contribution >= 0.6 is 12.6 Å². The molecule has 1 fully saturated rings. The molecule has 4 rings (SSSR count). The second kappa shape index (κ2) is 22.4. The molecule has 0 aliphatic carbocycles. The van der Waals surface area contributed by atoms with E-state index in [1.165, 1.54) is 41.8 Å². The Morgan fingerprint density at radius 3 is 1.49 bits per heavy atom. The van der Waals surface area contributed by atoms with Gasteiger partial charge >= 0.3 is 0 Å². The van der Waals surface area contributed by atoms with Crippen LogP contribution in [-0.2, 0) is 17.6 Å². The summed E-state index contributed by atoms with van der Waals surface area (Å²) in [4.78, 5) is 1.05. The lowest BCUT2D eigenvalue weighted by Crippen LogP contribution is -2.29. The normalized spacial score (nSPS) is 10.9. The molecular formula is C34H53NO3S. The Morgan fingerprint density at radius 1 is 0.744 bits per heavy atom. The Labute approximate surface area is 244 Å². The van der Waals surface area contributed by atoms with Crippen LogP contribution in [-0.4, -0.2) is 41.5 Å². The zero-order chi connectivity index (χ0) is 29.6. The summed E-state index contributed by atoms with van der Waals surface area (Å²) in [6, 6.07) is 19.1. The van der Waals surface area contributed by atoms with E-state index in [9.17, 15) is 0 Å². The van der Waals surface area contributed by atoms with Crippen molar-refractivity contribution in [1.82, 2.24) is 5.32 Å². The molecule has 0 bridgehead atoms. The molecule has 1 heterocycles. The molecule has 1 saturated heterocycles. The number of hydrogen-bond donors (Lipinski definition) is 2. The fourth-order valence-electron chi connectivity index (χ4n) is 3.71. The molecule has 5 heteroatoms. The quantitative estimate of drug-likeness (QED) is 0.298. The number of ether oxygens (including phenoxy) is 3. The van der Waals surface area contributed by atoms with Gasteiger partial charge in [-0.2, -0.15) is 0 Å². The molecule has 218 valence electrons. The first-order valence-electron chi connectivity index (χ1n) is 14.1. The summed E-state index contributed by atoms with van der Waals surface area (Å²) in [6.45, 7) is 15.0. The van der Waals surface area contributed by atoms with Gasteiger partial charge < -0.3 is 19.5 Å². The number of hydrogen-bond acceptors (Lipinski definition) is 5. The van der Waals surface area contributed by atoms with E-state index < -0.39 is 0 Å². The molecular weight excluding hydrogens is 502 g/mol. The number of benzene rings is 3. The molecule has 4 nitrogen and oxygen atoms in total. The van der Waals surface area contributed by atoms with E-state index in [0.717, 1.165) is 46.8 Å². The highest BCUT2D eigenvalue weighted by molar-refractivity contribution is 7.80. The first kappa shape index (κ1) is 36.5. The summed E-state index contributed by atoms with van der Waals surface area (Å²) in [5, 5.41) is 3.11. The maximum atomic E-state index is 5.58. The van der Waals surface area contributed by atoms with Crippen LogP contribution in [0.4, 0.5) is 0 Å². The highest BCUT2D eigenvalue weighted by Crippen LogP contribution is 2.39. The number of rotatable bonds is 6. The van der Waals surface area contributed by atoms with Crippen molar-refractivity contribution in [3.8, 4) is 22.6 Å². The Bertz CT molecular complexity index is 952. The molecule has 0 amide bonds. The Balaban J connectivity index is 0.000000653. The van der Waals surface area contributed by atoms with Crippen molar-refractivity contribution in [3.63, 3.8) is 0 Å². The van der Waals surface area contributed by atoms with Gasteiger partial charge in [-0.15, -0.1) is 12.6 Å². The van der Waals surface area contributed by atoms with Crippen LogP contribution in [0.2, 0.25) is 0 Å². The van der Waals surface area contributed by atoms with Gasteiger partial charge in [0.15, 0.2) is 0 Å². The van der Waals surface area contributed by atoms with Gasteiger partial charge in [-0.3, -0.25) is 0 Å². The minimum absolute atomic E-state index is 0.870. The minimum Gasteiger partial charge on any atom is -0.496 e. The van der Waals surface area contributed by atoms with Gasteiger partial charge in [-0.1, -0.05) is 64.4 Å². The first-order chi connectivity index (χ1) is 18.8. The highest BCUT2D eigenvalue weighted by atomic mass is 32.1. The monoisotopic (exact) mass is 555 g/mol. The smallest absolute Gasteiger partial charge is 0.130 e. The molecule has 0 saturated carbocycles.